The number of aromatic nitrogens is 5. The van der Waals surface area contributed by atoms with Crippen molar-refractivity contribution in [1.29, 1.82) is 0 Å². The number of carbonyl (C=O) groups is 1. The molecule has 8 heteroatoms. The van der Waals surface area contributed by atoms with Crippen LogP contribution in [0.15, 0.2) is 30.5 Å². The third-order valence-corrected chi connectivity index (χ3v) is 5.13. The molecule has 142 valence electrons. The molecule has 1 aliphatic rings. The number of amides is 1. The molecule has 2 aromatic heterocycles. The Labute approximate surface area is 158 Å². The van der Waals surface area contributed by atoms with Gasteiger partial charge in [-0.15, -0.1) is 5.10 Å². The lowest BCUT2D eigenvalue weighted by Crippen LogP contribution is -2.32. The molecule has 1 amide bonds. The third kappa shape index (κ3) is 4.00. The lowest BCUT2D eigenvalue weighted by Gasteiger charge is -2.22. The van der Waals surface area contributed by atoms with Crippen LogP contribution in [0.25, 0.3) is 11.0 Å². The van der Waals surface area contributed by atoms with Gasteiger partial charge >= 0.3 is 0 Å². The molecule has 0 radical (unpaired) electrons. The van der Waals surface area contributed by atoms with Crippen molar-refractivity contribution < 1.29 is 4.79 Å². The Morgan fingerprint density at radius 1 is 1.37 bits per heavy atom. The number of nitrogens with one attached hydrogen (secondary N) is 2. The van der Waals surface area contributed by atoms with Gasteiger partial charge in [0.2, 0.25) is 0 Å². The molecule has 0 spiro atoms. The maximum absolute atomic E-state index is 12.3. The average Bonchev–Trinajstić information content (AvgIpc) is 3.28. The van der Waals surface area contributed by atoms with Gasteiger partial charge in [-0.05, 0) is 44.0 Å². The summed E-state index contributed by atoms with van der Waals surface area (Å²) in [6.45, 7) is 3.40. The summed E-state index contributed by atoms with van der Waals surface area (Å²) in [5.41, 5.74) is 2.43. The van der Waals surface area contributed by atoms with Gasteiger partial charge in [-0.3, -0.25) is 9.48 Å². The molecular formula is C19H25N7O. The SMILES string of the molecule is Cn1c(CCNC(=O)c2cn(C[C@@H]3CCCNC3)nn2)nc2ccccc21. The summed E-state index contributed by atoms with van der Waals surface area (Å²) >= 11 is 0. The van der Waals surface area contributed by atoms with Gasteiger partial charge in [0, 0.05) is 26.6 Å². The number of rotatable bonds is 6. The number of piperidine rings is 1. The van der Waals surface area contributed by atoms with Crippen LogP contribution in [0.4, 0.5) is 0 Å². The van der Waals surface area contributed by atoms with Gasteiger partial charge in [0.15, 0.2) is 5.69 Å². The van der Waals surface area contributed by atoms with Gasteiger partial charge in [-0.2, -0.15) is 0 Å². The highest BCUT2D eigenvalue weighted by Crippen LogP contribution is 2.14. The lowest BCUT2D eigenvalue weighted by atomic mass is 10.00. The number of hydrogen-bond donors (Lipinski definition) is 2. The predicted molar refractivity (Wildman–Crippen MR) is 102 cm³/mol. The van der Waals surface area contributed by atoms with Crippen molar-refractivity contribution in [1.82, 2.24) is 35.2 Å². The molecule has 1 aromatic carbocycles. The second-order valence-electron chi connectivity index (χ2n) is 7.12. The number of hydrogen-bond acceptors (Lipinski definition) is 5. The summed E-state index contributed by atoms with van der Waals surface area (Å²) in [4.78, 5) is 17.0. The van der Waals surface area contributed by atoms with Crippen LogP contribution < -0.4 is 10.6 Å². The van der Waals surface area contributed by atoms with E-state index >= 15 is 0 Å². The van der Waals surface area contributed by atoms with Crippen molar-refractivity contribution in [2.75, 3.05) is 19.6 Å². The summed E-state index contributed by atoms with van der Waals surface area (Å²) in [6.07, 6.45) is 4.78. The maximum Gasteiger partial charge on any atom is 0.273 e. The number of nitrogens with zero attached hydrogens (tertiary/aromatic N) is 5. The first-order valence-electron chi connectivity index (χ1n) is 9.50. The van der Waals surface area contributed by atoms with Crippen LogP contribution in [0, 0.1) is 5.92 Å². The fourth-order valence-electron chi connectivity index (χ4n) is 3.63. The molecule has 1 aliphatic heterocycles. The van der Waals surface area contributed by atoms with E-state index in [1.165, 1.54) is 12.8 Å². The number of aryl methyl sites for hydroxylation is 1. The van der Waals surface area contributed by atoms with Crippen LogP contribution in [0.3, 0.4) is 0 Å². The van der Waals surface area contributed by atoms with Gasteiger partial charge in [0.05, 0.1) is 17.2 Å². The summed E-state index contributed by atoms with van der Waals surface area (Å²) in [7, 11) is 2.00. The van der Waals surface area contributed by atoms with Crippen molar-refractivity contribution in [3.05, 3.63) is 42.0 Å². The summed E-state index contributed by atoms with van der Waals surface area (Å²) < 4.78 is 3.84. The minimum atomic E-state index is -0.193. The largest absolute Gasteiger partial charge is 0.350 e. The Bertz CT molecular complexity index is 923. The summed E-state index contributed by atoms with van der Waals surface area (Å²) in [5, 5.41) is 14.4. The highest BCUT2D eigenvalue weighted by Gasteiger charge is 2.16. The number of fused-ring (bicyclic) bond motifs is 1. The van der Waals surface area contributed by atoms with Crippen LogP contribution in [0.1, 0.15) is 29.2 Å². The Morgan fingerprint density at radius 2 is 2.26 bits per heavy atom. The average molecular weight is 367 g/mol. The number of imidazole rings is 1. The molecule has 0 saturated carbocycles. The molecule has 2 N–H and O–H groups in total. The zero-order chi connectivity index (χ0) is 18.6. The topological polar surface area (TPSA) is 89.7 Å². The zero-order valence-electron chi connectivity index (χ0n) is 15.6. The second kappa shape index (κ2) is 7.87. The van der Waals surface area contributed by atoms with Crippen molar-refractivity contribution in [2.24, 2.45) is 13.0 Å². The second-order valence-corrected chi connectivity index (χ2v) is 7.12. The number of para-hydroxylation sites is 2. The van der Waals surface area contributed by atoms with Crippen molar-refractivity contribution in [3.63, 3.8) is 0 Å². The molecule has 3 heterocycles. The normalized spacial score (nSPS) is 17.3. The van der Waals surface area contributed by atoms with Crippen molar-refractivity contribution in [2.45, 2.75) is 25.8 Å². The maximum atomic E-state index is 12.3. The molecule has 0 bridgehead atoms. The molecule has 1 saturated heterocycles. The zero-order valence-corrected chi connectivity index (χ0v) is 15.6. The smallest absolute Gasteiger partial charge is 0.273 e. The Morgan fingerprint density at radius 3 is 3.07 bits per heavy atom. The van der Waals surface area contributed by atoms with E-state index in [4.69, 9.17) is 0 Å². The quantitative estimate of drug-likeness (QED) is 0.682. The van der Waals surface area contributed by atoms with E-state index in [1.807, 2.05) is 31.3 Å². The molecule has 27 heavy (non-hydrogen) atoms. The highest BCUT2D eigenvalue weighted by atomic mass is 16.2. The lowest BCUT2D eigenvalue weighted by molar-refractivity contribution is 0.0949. The minimum absolute atomic E-state index is 0.193. The molecule has 0 aliphatic carbocycles. The van der Waals surface area contributed by atoms with Crippen LogP contribution >= 0.6 is 0 Å². The molecule has 0 unspecified atom stereocenters. The summed E-state index contributed by atoms with van der Waals surface area (Å²) in [6, 6.07) is 8.03. The summed E-state index contributed by atoms with van der Waals surface area (Å²) in [5.74, 6) is 1.31. The highest BCUT2D eigenvalue weighted by molar-refractivity contribution is 5.91. The van der Waals surface area contributed by atoms with Crippen LogP contribution in [-0.2, 0) is 20.0 Å². The van der Waals surface area contributed by atoms with Gasteiger partial charge < -0.3 is 15.2 Å². The fourth-order valence-corrected chi connectivity index (χ4v) is 3.63. The molecule has 1 atom stereocenters. The standard InChI is InChI=1S/C19H25N7O/c1-25-17-7-3-2-6-15(17)22-18(25)8-10-21-19(27)16-13-26(24-23-16)12-14-5-4-9-20-11-14/h2-3,6-7,13-14,20H,4-5,8-12H2,1H3,(H,21,27)/t14-/m1/s1. The van der Waals surface area contributed by atoms with E-state index in [2.05, 4.69) is 30.5 Å². The number of carbonyl (C=O) groups excluding carboxylic acids is 1. The molecular weight excluding hydrogens is 342 g/mol. The van der Waals surface area contributed by atoms with E-state index in [9.17, 15) is 4.79 Å². The van der Waals surface area contributed by atoms with Crippen LogP contribution in [-0.4, -0.2) is 50.1 Å². The molecule has 3 aromatic rings. The molecule has 4 rings (SSSR count). The molecule has 1 fully saturated rings. The van der Waals surface area contributed by atoms with Gasteiger partial charge in [-0.25, -0.2) is 4.98 Å². The Balaban J connectivity index is 1.30. The van der Waals surface area contributed by atoms with E-state index in [0.29, 0.717) is 24.6 Å². The van der Waals surface area contributed by atoms with Gasteiger partial charge in [-0.1, -0.05) is 17.3 Å². The van der Waals surface area contributed by atoms with Gasteiger partial charge in [0.1, 0.15) is 5.82 Å². The van der Waals surface area contributed by atoms with Crippen LogP contribution in [0.2, 0.25) is 0 Å². The first kappa shape index (κ1) is 17.7. The molecule has 8 nitrogen and oxygen atoms in total. The Hall–Kier alpha value is -2.74. The minimum Gasteiger partial charge on any atom is -0.350 e. The first-order valence-corrected chi connectivity index (χ1v) is 9.50. The third-order valence-electron chi connectivity index (χ3n) is 5.13. The van der Waals surface area contributed by atoms with E-state index in [-0.39, 0.29) is 5.91 Å². The van der Waals surface area contributed by atoms with Crippen molar-refractivity contribution >= 4 is 16.9 Å². The van der Waals surface area contributed by atoms with Crippen LogP contribution in [0.5, 0.6) is 0 Å². The fraction of sp³-hybridized carbons (Fsp3) is 0.474. The van der Waals surface area contributed by atoms with Crippen molar-refractivity contribution in [3.8, 4) is 0 Å². The van der Waals surface area contributed by atoms with E-state index in [1.54, 1.807) is 10.9 Å². The Kier molecular flexibility index (Phi) is 5.15. The number of benzene rings is 1. The monoisotopic (exact) mass is 367 g/mol. The van der Waals surface area contributed by atoms with E-state index in [0.717, 1.165) is 36.5 Å². The predicted octanol–water partition coefficient (Wildman–Crippen LogP) is 1.14. The van der Waals surface area contributed by atoms with Gasteiger partial charge in [0.25, 0.3) is 5.91 Å². The first-order chi connectivity index (χ1) is 13.2. The van der Waals surface area contributed by atoms with E-state index < -0.39 is 0 Å².